The van der Waals surface area contributed by atoms with Crippen LogP contribution < -0.4 is 15.8 Å². The second-order valence-electron chi connectivity index (χ2n) is 3.65. The molecule has 1 aromatic carbocycles. The Morgan fingerprint density at radius 3 is 2.94 bits per heavy atom. The van der Waals surface area contributed by atoms with E-state index in [9.17, 15) is 4.79 Å². The van der Waals surface area contributed by atoms with Crippen LogP contribution in [0.1, 0.15) is 12.5 Å². The lowest BCUT2D eigenvalue weighted by Gasteiger charge is -2.15. The first-order valence-electron chi connectivity index (χ1n) is 5.44. The van der Waals surface area contributed by atoms with E-state index in [2.05, 4.69) is 27.2 Å². The van der Waals surface area contributed by atoms with Crippen LogP contribution in [-0.2, 0) is 11.3 Å². The van der Waals surface area contributed by atoms with Gasteiger partial charge in [0.25, 0.3) is 5.91 Å². The number of halogens is 1. The number of benzene rings is 1. The lowest BCUT2D eigenvalue weighted by Crippen LogP contribution is -2.36. The molecule has 1 rings (SSSR count). The van der Waals surface area contributed by atoms with Gasteiger partial charge in [0.15, 0.2) is 6.10 Å². The maximum atomic E-state index is 11.6. The van der Waals surface area contributed by atoms with E-state index in [1.807, 2.05) is 12.1 Å². The van der Waals surface area contributed by atoms with Crippen LogP contribution in [0.4, 0.5) is 0 Å². The molecule has 3 N–H and O–H groups in total. The highest BCUT2D eigenvalue weighted by Gasteiger charge is 2.15. The molecule has 0 saturated carbocycles. The number of carbonyl (C=O) groups is 1. The van der Waals surface area contributed by atoms with Crippen LogP contribution in [0.5, 0.6) is 5.75 Å². The molecule has 18 heavy (non-hydrogen) atoms. The van der Waals surface area contributed by atoms with E-state index in [1.54, 1.807) is 13.0 Å². The Labute approximate surface area is 115 Å². The molecule has 0 radical (unpaired) electrons. The van der Waals surface area contributed by atoms with Gasteiger partial charge < -0.3 is 15.8 Å². The molecule has 0 aliphatic heterocycles. The summed E-state index contributed by atoms with van der Waals surface area (Å²) in [7, 11) is 0. The largest absolute Gasteiger partial charge is 0.480 e. The van der Waals surface area contributed by atoms with Gasteiger partial charge in [-0.3, -0.25) is 4.79 Å². The van der Waals surface area contributed by atoms with E-state index in [-0.39, 0.29) is 12.5 Å². The average Bonchev–Trinajstić information content (AvgIpc) is 2.38. The first kappa shape index (κ1) is 14.6. The second kappa shape index (κ2) is 7.04. The summed E-state index contributed by atoms with van der Waals surface area (Å²) >= 11 is 3.37. The Morgan fingerprint density at radius 1 is 1.67 bits per heavy atom. The third-order valence-electron chi connectivity index (χ3n) is 2.27. The molecule has 0 aromatic heterocycles. The molecule has 0 saturated heterocycles. The summed E-state index contributed by atoms with van der Waals surface area (Å²) in [4.78, 5) is 11.6. The van der Waals surface area contributed by atoms with Gasteiger partial charge in [-0.2, -0.15) is 0 Å². The van der Waals surface area contributed by atoms with E-state index in [0.717, 1.165) is 10.0 Å². The number of terminal acetylenes is 1. The minimum Gasteiger partial charge on any atom is -0.480 e. The number of hydrogen-bond acceptors (Lipinski definition) is 3. The van der Waals surface area contributed by atoms with Gasteiger partial charge in [-0.05, 0) is 40.5 Å². The van der Waals surface area contributed by atoms with Crippen molar-refractivity contribution in [3.63, 3.8) is 0 Å². The molecule has 0 aliphatic carbocycles. The van der Waals surface area contributed by atoms with Crippen LogP contribution >= 0.6 is 15.9 Å². The quantitative estimate of drug-likeness (QED) is 0.809. The Bertz CT molecular complexity index is 469. The number of rotatable bonds is 5. The summed E-state index contributed by atoms with van der Waals surface area (Å²) in [5.74, 6) is 2.68. The predicted molar refractivity (Wildman–Crippen MR) is 74.0 cm³/mol. The van der Waals surface area contributed by atoms with Crippen LogP contribution in [0, 0.1) is 12.3 Å². The van der Waals surface area contributed by atoms with E-state index in [1.165, 1.54) is 0 Å². The Kier molecular flexibility index (Phi) is 5.69. The van der Waals surface area contributed by atoms with Gasteiger partial charge in [0.2, 0.25) is 0 Å². The predicted octanol–water partition coefficient (Wildman–Crippen LogP) is 1.42. The molecule has 0 aliphatic rings. The number of nitrogens with one attached hydrogen (secondary N) is 1. The zero-order chi connectivity index (χ0) is 13.5. The molecule has 0 bridgehead atoms. The van der Waals surface area contributed by atoms with E-state index in [4.69, 9.17) is 16.9 Å². The summed E-state index contributed by atoms with van der Waals surface area (Å²) < 4.78 is 6.30. The summed E-state index contributed by atoms with van der Waals surface area (Å²) in [6.45, 7) is 2.31. The SMILES string of the molecule is C#CCNC(=O)C(C)Oc1ccc(CN)cc1Br. The van der Waals surface area contributed by atoms with Crippen LogP contribution in [0.15, 0.2) is 22.7 Å². The average molecular weight is 311 g/mol. The maximum absolute atomic E-state index is 11.6. The highest BCUT2D eigenvalue weighted by molar-refractivity contribution is 9.10. The van der Waals surface area contributed by atoms with Crippen molar-refractivity contribution in [3.8, 4) is 18.1 Å². The van der Waals surface area contributed by atoms with Gasteiger partial charge in [0, 0.05) is 6.54 Å². The van der Waals surface area contributed by atoms with Crippen molar-refractivity contribution in [3.05, 3.63) is 28.2 Å². The fourth-order valence-electron chi connectivity index (χ4n) is 1.29. The van der Waals surface area contributed by atoms with Crippen molar-refractivity contribution < 1.29 is 9.53 Å². The Balaban J connectivity index is 2.67. The molecular weight excluding hydrogens is 296 g/mol. The van der Waals surface area contributed by atoms with Crippen LogP contribution in [0.3, 0.4) is 0 Å². The third-order valence-corrected chi connectivity index (χ3v) is 2.89. The molecule has 1 unspecified atom stereocenters. The molecule has 0 heterocycles. The minimum atomic E-state index is -0.613. The molecule has 0 spiro atoms. The lowest BCUT2D eigenvalue weighted by molar-refractivity contribution is -0.127. The van der Waals surface area contributed by atoms with Gasteiger partial charge in [-0.15, -0.1) is 6.42 Å². The van der Waals surface area contributed by atoms with Crippen molar-refractivity contribution in [2.24, 2.45) is 5.73 Å². The fourth-order valence-corrected chi connectivity index (χ4v) is 1.81. The highest BCUT2D eigenvalue weighted by atomic mass is 79.9. The molecule has 1 atom stereocenters. The van der Waals surface area contributed by atoms with Gasteiger partial charge in [-0.1, -0.05) is 12.0 Å². The van der Waals surface area contributed by atoms with Crippen molar-refractivity contribution in [2.75, 3.05) is 6.54 Å². The standard InChI is InChI=1S/C13H15BrN2O2/c1-3-6-16-13(17)9(2)18-12-5-4-10(8-15)7-11(12)14/h1,4-5,7,9H,6,8,15H2,2H3,(H,16,17). The topological polar surface area (TPSA) is 64.3 Å². The maximum Gasteiger partial charge on any atom is 0.261 e. The molecule has 0 fully saturated rings. The summed E-state index contributed by atoms with van der Waals surface area (Å²) in [5, 5.41) is 2.56. The van der Waals surface area contributed by atoms with Crippen molar-refractivity contribution in [1.29, 1.82) is 0 Å². The summed E-state index contributed by atoms with van der Waals surface area (Å²) in [6, 6.07) is 5.49. The highest BCUT2D eigenvalue weighted by Crippen LogP contribution is 2.26. The monoisotopic (exact) mass is 310 g/mol. The summed E-state index contributed by atoms with van der Waals surface area (Å²) in [5.41, 5.74) is 6.51. The van der Waals surface area contributed by atoms with Gasteiger partial charge in [0.1, 0.15) is 5.75 Å². The van der Waals surface area contributed by atoms with Gasteiger partial charge in [-0.25, -0.2) is 0 Å². The normalized spacial score (nSPS) is 11.4. The van der Waals surface area contributed by atoms with Gasteiger partial charge >= 0.3 is 0 Å². The van der Waals surface area contributed by atoms with E-state index >= 15 is 0 Å². The van der Waals surface area contributed by atoms with Crippen LogP contribution in [0.25, 0.3) is 0 Å². The lowest BCUT2D eigenvalue weighted by atomic mass is 10.2. The number of carbonyl (C=O) groups excluding carboxylic acids is 1. The smallest absolute Gasteiger partial charge is 0.261 e. The summed E-state index contributed by atoms with van der Waals surface area (Å²) in [6.07, 6.45) is 4.45. The second-order valence-corrected chi connectivity index (χ2v) is 4.51. The number of ether oxygens (including phenoxy) is 1. The van der Waals surface area contributed by atoms with Crippen molar-refractivity contribution in [1.82, 2.24) is 5.32 Å². The minimum absolute atomic E-state index is 0.194. The first-order valence-corrected chi connectivity index (χ1v) is 6.24. The van der Waals surface area contributed by atoms with E-state index < -0.39 is 6.10 Å². The molecule has 5 heteroatoms. The molecule has 4 nitrogen and oxygen atoms in total. The fraction of sp³-hybridized carbons (Fsp3) is 0.308. The molecule has 1 amide bonds. The van der Waals surface area contributed by atoms with Crippen LogP contribution in [-0.4, -0.2) is 18.6 Å². The van der Waals surface area contributed by atoms with Crippen molar-refractivity contribution >= 4 is 21.8 Å². The number of nitrogens with two attached hydrogens (primary N) is 1. The van der Waals surface area contributed by atoms with E-state index in [0.29, 0.717) is 12.3 Å². The Morgan fingerprint density at radius 2 is 2.39 bits per heavy atom. The molecule has 96 valence electrons. The zero-order valence-electron chi connectivity index (χ0n) is 10.1. The van der Waals surface area contributed by atoms with Gasteiger partial charge in [0.05, 0.1) is 11.0 Å². The zero-order valence-corrected chi connectivity index (χ0v) is 11.7. The molecule has 1 aromatic rings. The molecular formula is C13H15BrN2O2. The number of hydrogen-bond donors (Lipinski definition) is 2. The van der Waals surface area contributed by atoms with Crippen molar-refractivity contribution in [2.45, 2.75) is 19.6 Å². The number of amides is 1. The third kappa shape index (κ3) is 4.06. The Hall–Kier alpha value is -1.51. The van der Waals surface area contributed by atoms with Crippen LogP contribution in [0.2, 0.25) is 0 Å². The first-order chi connectivity index (χ1) is 8.58.